The molecule has 0 unspecified atom stereocenters. The van der Waals surface area contributed by atoms with Gasteiger partial charge in [0, 0.05) is 24.1 Å². The van der Waals surface area contributed by atoms with Crippen molar-refractivity contribution in [3.05, 3.63) is 36.4 Å². The summed E-state index contributed by atoms with van der Waals surface area (Å²) in [6.45, 7) is 0. The SMILES string of the molecule is CS(=O)(=O)c1cccc(-c2cnc(CCCCl)o2)c1. The van der Waals surface area contributed by atoms with Gasteiger partial charge in [-0.05, 0) is 18.6 Å². The van der Waals surface area contributed by atoms with Crippen molar-refractivity contribution >= 4 is 21.4 Å². The Hall–Kier alpha value is -1.33. The Morgan fingerprint density at radius 1 is 1.37 bits per heavy atom. The Morgan fingerprint density at radius 2 is 2.16 bits per heavy atom. The van der Waals surface area contributed by atoms with E-state index in [1.165, 1.54) is 6.26 Å². The number of hydrogen-bond acceptors (Lipinski definition) is 4. The molecule has 1 aromatic carbocycles. The maximum Gasteiger partial charge on any atom is 0.194 e. The minimum atomic E-state index is -3.22. The quantitative estimate of drug-likeness (QED) is 0.797. The van der Waals surface area contributed by atoms with Gasteiger partial charge < -0.3 is 4.42 Å². The Bertz CT molecular complexity index is 664. The van der Waals surface area contributed by atoms with Crippen molar-refractivity contribution in [2.45, 2.75) is 17.7 Å². The van der Waals surface area contributed by atoms with Crippen molar-refractivity contribution in [2.24, 2.45) is 0 Å². The minimum Gasteiger partial charge on any atom is -0.441 e. The molecule has 2 rings (SSSR count). The summed E-state index contributed by atoms with van der Waals surface area (Å²) >= 11 is 5.61. The summed E-state index contributed by atoms with van der Waals surface area (Å²) in [4.78, 5) is 4.41. The van der Waals surface area contributed by atoms with Gasteiger partial charge in [-0.3, -0.25) is 0 Å². The molecule has 4 nitrogen and oxygen atoms in total. The van der Waals surface area contributed by atoms with Crippen molar-refractivity contribution in [1.82, 2.24) is 4.98 Å². The minimum absolute atomic E-state index is 0.267. The van der Waals surface area contributed by atoms with Crippen molar-refractivity contribution in [3.63, 3.8) is 0 Å². The molecule has 0 atom stereocenters. The van der Waals surface area contributed by atoms with Gasteiger partial charge in [0.2, 0.25) is 0 Å². The fourth-order valence-electron chi connectivity index (χ4n) is 1.66. The van der Waals surface area contributed by atoms with Gasteiger partial charge >= 0.3 is 0 Å². The molecule has 0 saturated heterocycles. The van der Waals surface area contributed by atoms with Gasteiger partial charge in [0.25, 0.3) is 0 Å². The zero-order valence-corrected chi connectivity index (χ0v) is 12.0. The lowest BCUT2D eigenvalue weighted by atomic mass is 10.2. The summed E-state index contributed by atoms with van der Waals surface area (Å²) in [5.74, 6) is 1.73. The van der Waals surface area contributed by atoms with E-state index in [0.29, 0.717) is 29.5 Å². The summed E-state index contributed by atoms with van der Waals surface area (Å²) in [6, 6.07) is 6.62. The van der Waals surface area contributed by atoms with Crippen LogP contribution in [0.5, 0.6) is 0 Å². The number of sulfone groups is 1. The average molecular weight is 300 g/mol. The van der Waals surface area contributed by atoms with Gasteiger partial charge in [0.15, 0.2) is 21.5 Å². The van der Waals surface area contributed by atoms with Crippen LogP contribution in [-0.2, 0) is 16.3 Å². The molecule has 0 amide bonds. The third-order valence-electron chi connectivity index (χ3n) is 2.62. The molecule has 0 aliphatic carbocycles. The molecule has 0 radical (unpaired) electrons. The van der Waals surface area contributed by atoms with Crippen molar-refractivity contribution in [3.8, 4) is 11.3 Å². The molecule has 1 heterocycles. The molecule has 1 aromatic heterocycles. The van der Waals surface area contributed by atoms with Crippen LogP contribution in [0.15, 0.2) is 39.8 Å². The van der Waals surface area contributed by atoms with E-state index in [-0.39, 0.29) is 4.90 Å². The number of alkyl halides is 1. The Morgan fingerprint density at radius 3 is 2.84 bits per heavy atom. The number of hydrogen-bond donors (Lipinski definition) is 0. The second-order valence-corrected chi connectivity index (χ2v) is 6.60. The zero-order valence-electron chi connectivity index (χ0n) is 10.5. The lowest BCUT2D eigenvalue weighted by molar-refractivity contribution is 0.503. The van der Waals surface area contributed by atoms with Crippen LogP contribution >= 0.6 is 11.6 Å². The third-order valence-corrected chi connectivity index (χ3v) is 4.00. The van der Waals surface area contributed by atoms with E-state index in [2.05, 4.69) is 4.98 Å². The van der Waals surface area contributed by atoms with E-state index < -0.39 is 9.84 Å². The maximum absolute atomic E-state index is 11.5. The number of nitrogens with zero attached hydrogens (tertiary/aromatic N) is 1. The molecule has 102 valence electrons. The monoisotopic (exact) mass is 299 g/mol. The van der Waals surface area contributed by atoms with E-state index in [1.807, 2.05) is 0 Å². The highest BCUT2D eigenvalue weighted by Crippen LogP contribution is 2.23. The molecule has 19 heavy (non-hydrogen) atoms. The third kappa shape index (κ3) is 3.58. The summed E-state index contributed by atoms with van der Waals surface area (Å²) in [7, 11) is -3.22. The molecule has 0 fully saturated rings. The molecule has 0 aliphatic rings. The highest BCUT2D eigenvalue weighted by atomic mass is 35.5. The van der Waals surface area contributed by atoms with E-state index >= 15 is 0 Å². The van der Waals surface area contributed by atoms with Crippen LogP contribution in [0.25, 0.3) is 11.3 Å². The van der Waals surface area contributed by atoms with Gasteiger partial charge in [-0.2, -0.15) is 0 Å². The first-order valence-corrected chi connectivity index (χ1v) is 8.24. The zero-order chi connectivity index (χ0) is 13.9. The average Bonchev–Trinajstić information content (AvgIpc) is 2.84. The molecule has 0 aliphatic heterocycles. The van der Waals surface area contributed by atoms with Gasteiger partial charge in [0.1, 0.15) is 0 Å². The fraction of sp³-hybridized carbons (Fsp3) is 0.308. The Balaban J connectivity index is 2.29. The number of aromatic nitrogens is 1. The Kier molecular flexibility index (Phi) is 4.27. The van der Waals surface area contributed by atoms with Gasteiger partial charge in [-0.25, -0.2) is 13.4 Å². The van der Waals surface area contributed by atoms with Gasteiger partial charge in [0.05, 0.1) is 11.1 Å². The summed E-state index contributed by atoms with van der Waals surface area (Å²) < 4.78 is 28.6. The molecule has 0 N–H and O–H groups in total. The summed E-state index contributed by atoms with van der Waals surface area (Å²) in [5, 5.41) is 0. The summed E-state index contributed by atoms with van der Waals surface area (Å²) in [5.41, 5.74) is 0.701. The predicted octanol–water partition coefficient (Wildman–Crippen LogP) is 2.92. The number of aryl methyl sites for hydroxylation is 1. The van der Waals surface area contributed by atoms with Crippen LogP contribution in [0.3, 0.4) is 0 Å². The molecule has 0 bridgehead atoms. The number of rotatable bonds is 5. The lowest BCUT2D eigenvalue weighted by Gasteiger charge is -2.00. The highest BCUT2D eigenvalue weighted by molar-refractivity contribution is 7.90. The summed E-state index contributed by atoms with van der Waals surface area (Å²) in [6.07, 6.45) is 4.25. The molecule has 2 aromatic rings. The van der Waals surface area contributed by atoms with Crippen LogP contribution in [0.4, 0.5) is 0 Å². The van der Waals surface area contributed by atoms with Crippen LogP contribution in [0.2, 0.25) is 0 Å². The van der Waals surface area contributed by atoms with E-state index in [9.17, 15) is 8.42 Å². The predicted molar refractivity (Wildman–Crippen MR) is 74.1 cm³/mol. The fourth-order valence-corrected chi connectivity index (χ4v) is 2.46. The lowest BCUT2D eigenvalue weighted by Crippen LogP contribution is -1.96. The maximum atomic E-state index is 11.5. The first-order chi connectivity index (χ1) is 9.00. The number of halogens is 1. The van der Waals surface area contributed by atoms with Crippen LogP contribution in [-0.4, -0.2) is 25.5 Å². The molecule has 6 heteroatoms. The largest absolute Gasteiger partial charge is 0.441 e. The second kappa shape index (κ2) is 5.75. The van der Waals surface area contributed by atoms with Crippen LogP contribution < -0.4 is 0 Å². The van der Waals surface area contributed by atoms with Crippen LogP contribution in [0, 0.1) is 0 Å². The van der Waals surface area contributed by atoms with Crippen molar-refractivity contribution < 1.29 is 12.8 Å². The van der Waals surface area contributed by atoms with Crippen LogP contribution in [0.1, 0.15) is 12.3 Å². The highest BCUT2D eigenvalue weighted by Gasteiger charge is 2.11. The topological polar surface area (TPSA) is 60.2 Å². The van der Waals surface area contributed by atoms with Gasteiger partial charge in [-0.15, -0.1) is 11.6 Å². The smallest absolute Gasteiger partial charge is 0.194 e. The van der Waals surface area contributed by atoms with E-state index in [0.717, 1.165) is 6.42 Å². The molecule has 0 spiro atoms. The normalized spacial score (nSPS) is 11.7. The number of benzene rings is 1. The Labute approximate surface area is 117 Å². The number of oxazole rings is 1. The first-order valence-electron chi connectivity index (χ1n) is 5.82. The standard InChI is InChI=1S/C13H14ClNO3S/c1-19(16,17)11-5-2-4-10(8-11)12-9-15-13(18-12)6-3-7-14/h2,4-5,8-9H,3,6-7H2,1H3. The van der Waals surface area contributed by atoms with Crippen molar-refractivity contribution in [2.75, 3.05) is 12.1 Å². The molecular formula is C13H14ClNO3S. The van der Waals surface area contributed by atoms with Crippen molar-refractivity contribution in [1.29, 1.82) is 0 Å². The van der Waals surface area contributed by atoms with Gasteiger partial charge in [-0.1, -0.05) is 12.1 Å². The van der Waals surface area contributed by atoms with E-state index in [1.54, 1.807) is 30.5 Å². The second-order valence-electron chi connectivity index (χ2n) is 4.21. The van der Waals surface area contributed by atoms with E-state index in [4.69, 9.17) is 16.0 Å². The molecular weight excluding hydrogens is 286 g/mol. The molecule has 0 saturated carbocycles. The first kappa shape index (κ1) is 14.1.